The van der Waals surface area contributed by atoms with E-state index in [-0.39, 0.29) is 0 Å². The molecule has 1 N–H and O–H groups in total. The average molecular weight is 402 g/mol. The number of allylic oxidation sites excluding steroid dienone is 7. The van der Waals surface area contributed by atoms with Crippen LogP contribution in [-0.2, 0) is 6.42 Å². The summed E-state index contributed by atoms with van der Waals surface area (Å²) in [6, 6.07) is 22.5. The zero-order chi connectivity index (χ0) is 21.2. The van der Waals surface area contributed by atoms with Gasteiger partial charge in [0.2, 0.25) is 0 Å². The van der Waals surface area contributed by atoms with Gasteiger partial charge in [-0.1, -0.05) is 72.3 Å². The molecular weight excluding hydrogens is 374 g/mol. The highest BCUT2D eigenvalue weighted by Crippen LogP contribution is 2.40. The number of hydrogen-bond acceptors (Lipinski definition) is 1. The Balaban J connectivity index is 1.64. The van der Waals surface area contributed by atoms with E-state index in [1.54, 1.807) is 0 Å². The molecule has 31 heavy (non-hydrogen) atoms. The molecule has 0 atom stereocenters. The summed E-state index contributed by atoms with van der Waals surface area (Å²) in [5.41, 5.74) is 13.2. The van der Waals surface area contributed by atoms with Gasteiger partial charge >= 0.3 is 0 Å². The average Bonchev–Trinajstić information content (AvgIpc) is 3.17. The summed E-state index contributed by atoms with van der Waals surface area (Å²) in [6.07, 6.45) is 14.7. The Kier molecular flexibility index (Phi) is 5.18. The first-order chi connectivity index (χ1) is 15.2. The fraction of sp³-hybridized carbons (Fsp3) is 0.133. The molecule has 0 aromatic heterocycles. The van der Waals surface area contributed by atoms with Gasteiger partial charge < -0.3 is 5.32 Å². The number of anilines is 1. The van der Waals surface area contributed by atoms with E-state index in [2.05, 4.69) is 110 Å². The third kappa shape index (κ3) is 3.68. The second kappa shape index (κ2) is 8.28. The molecule has 3 aromatic carbocycles. The summed E-state index contributed by atoms with van der Waals surface area (Å²) in [5.74, 6) is 0. The van der Waals surface area contributed by atoms with Crippen molar-refractivity contribution in [1.29, 1.82) is 0 Å². The third-order valence-electron chi connectivity index (χ3n) is 6.24. The summed E-state index contributed by atoms with van der Waals surface area (Å²) >= 11 is 0. The Bertz CT molecular complexity index is 1270. The molecule has 1 heterocycles. The first kappa shape index (κ1) is 19.4. The Labute approximate surface area is 185 Å². The van der Waals surface area contributed by atoms with Gasteiger partial charge in [-0.15, -0.1) is 0 Å². The molecule has 1 nitrogen and oxygen atoms in total. The number of fused-ring (bicyclic) bond motifs is 4. The number of benzene rings is 3. The van der Waals surface area contributed by atoms with E-state index in [9.17, 15) is 0 Å². The molecule has 1 aliphatic carbocycles. The Morgan fingerprint density at radius 3 is 2.45 bits per heavy atom. The van der Waals surface area contributed by atoms with E-state index in [0.717, 1.165) is 18.5 Å². The zero-order valence-corrected chi connectivity index (χ0v) is 18.2. The molecule has 1 heteroatoms. The van der Waals surface area contributed by atoms with Gasteiger partial charge in [-0.2, -0.15) is 0 Å². The maximum atomic E-state index is 3.48. The summed E-state index contributed by atoms with van der Waals surface area (Å²) in [5, 5.41) is 3.48. The third-order valence-corrected chi connectivity index (χ3v) is 6.24. The summed E-state index contributed by atoms with van der Waals surface area (Å²) in [6.45, 7) is 4.32. The normalized spacial score (nSPS) is 19.3. The fourth-order valence-corrected chi connectivity index (χ4v) is 4.63. The van der Waals surface area contributed by atoms with Crippen molar-refractivity contribution in [2.75, 3.05) is 5.32 Å². The van der Waals surface area contributed by atoms with Crippen LogP contribution < -0.4 is 5.32 Å². The second-order valence-corrected chi connectivity index (χ2v) is 8.30. The molecule has 0 saturated carbocycles. The highest BCUT2D eigenvalue weighted by Gasteiger charge is 2.19. The van der Waals surface area contributed by atoms with Crippen LogP contribution in [0.4, 0.5) is 5.69 Å². The standard InChI is InChI=1S/C30H27N/c1-3-9-26-21(2)10-5-4-8-17-31-30-16-15-23(20-29(26)30)22-13-14-25-18-24-11-6-7-12-27(24)28(25)19-22/h3-9,11-17,19-20,31H,10,18H2,1-2H3/b5-4-,9-3-,17-8-,26-21-. The monoisotopic (exact) mass is 401 g/mol. The van der Waals surface area contributed by atoms with Gasteiger partial charge in [-0.3, -0.25) is 0 Å². The molecule has 2 aliphatic rings. The van der Waals surface area contributed by atoms with E-state index >= 15 is 0 Å². The van der Waals surface area contributed by atoms with Gasteiger partial charge in [-0.25, -0.2) is 0 Å². The van der Waals surface area contributed by atoms with Crippen molar-refractivity contribution < 1.29 is 0 Å². The smallest absolute Gasteiger partial charge is 0.0459 e. The lowest BCUT2D eigenvalue weighted by Crippen LogP contribution is -1.97. The molecule has 0 spiro atoms. The van der Waals surface area contributed by atoms with E-state index in [4.69, 9.17) is 0 Å². The molecule has 0 bridgehead atoms. The van der Waals surface area contributed by atoms with E-state index < -0.39 is 0 Å². The predicted molar refractivity (Wildman–Crippen MR) is 134 cm³/mol. The first-order valence-corrected chi connectivity index (χ1v) is 11.0. The topological polar surface area (TPSA) is 12.0 Å². The molecule has 0 saturated heterocycles. The second-order valence-electron chi connectivity index (χ2n) is 8.30. The largest absolute Gasteiger partial charge is 0.361 e. The maximum absolute atomic E-state index is 3.48. The molecule has 0 unspecified atom stereocenters. The lowest BCUT2D eigenvalue weighted by molar-refractivity contribution is 1.21. The van der Waals surface area contributed by atoms with Crippen LogP contribution in [0.1, 0.15) is 37.0 Å². The maximum Gasteiger partial charge on any atom is 0.0459 e. The molecule has 5 rings (SSSR count). The van der Waals surface area contributed by atoms with Gasteiger partial charge in [0.05, 0.1) is 0 Å². The van der Waals surface area contributed by atoms with E-state index in [1.807, 2.05) is 6.20 Å². The van der Waals surface area contributed by atoms with Crippen LogP contribution in [0.3, 0.4) is 0 Å². The summed E-state index contributed by atoms with van der Waals surface area (Å²) < 4.78 is 0. The first-order valence-electron chi connectivity index (χ1n) is 11.0. The van der Waals surface area contributed by atoms with Gasteiger partial charge in [0.15, 0.2) is 0 Å². The highest BCUT2D eigenvalue weighted by molar-refractivity contribution is 5.88. The minimum atomic E-state index is 0.948. The summed E-state index contributed by atoms with van der Waals surface area (Å²) in [7, 11) is 0. The van der Waals surface area contributed by atoms with E-state index in [0.29, 0.717) is 0 Å². The Hall–Kier alpha value is -3.58. The van der Waals surface area contributed by atoms with Crippen LogP contribution in [0, 0.1) is 0 Å². The van der Waals surface area contributed by atoms with Crippen molar-refractivity contribution >= 4 is 11.3 Å². The van der Waals surface area contributed by atoms with Crippen molar-refractivity contribution in [3.8, 4) is 22.3 Å². The van der Waals surface area contributed by atoms with Crippen LogP contribution >= 0.6 is 0 Å². The van der Waals surface area contributed by atoms with Crippen LogP contribution in [0.25, 0.3) is 27.8 Å². The van der Waals surface area contributed by atoms with Crippen LogP contribution in [-0.4, -0.2) is 0 Å². The highest BCUT2D eigenvalue weighted by atomic mass is 14.8. The van der Waals surface area contributed by atoms with Crippen molar-refractivity contribution in [3.05, 3.63) is 120 Å². The molecule has 152 valence electrons. The van der Waals surface area contributed by atoms with Gasteiger partial charge in [-0.05, 0) is 89.9 Å². The number of nitrogens with one attached hydrogen (secondary N) is 1. The Morgan fingerprint density at radius 2 is 1.58 bits per heavy atom. The van der Waals surface area contributed by atoms with Crippen LogP contribution in [0.2, 0.25) is 0 Å². The Morgan fingerprint density at radius 1 is 0.806 bits per heavy atom. The minimum Gasteiger partial charge on any atom is -0.361 e. The molecule has 0 radical (unpaired) electrons. The SMILES string of the molecule is C/C=C\C1=C(/C)C/C=C\C=C/Nc2ccc(-c3ccc4c(c3)-c3ccccc3C4)cc21. The molecule has 0 fully saturated rings. The van der Waals surface area contributed by atoms with Crippen molar-refractivity contribution in [3.63, 3.8) is 0 Å². The fourth-order valence-electron chi connectivity index (χ4n) is 4.63. The van der Waals surface area contributed by atoms with Crippen LogP contribution in [0.15, 0.2) is 103 Å². The molecule has 3 aromatic rings. The molecule has 1 aliphatic heterocycles. The predicted octanol–water partition coefficient (Wildman–Crippen LogP) is 8.16. The zero-order valence-electron chi connectivity index (χ0n) is 18.2. The number of rotatable bonds is 2. The van der Waals surface area contributed by atoms with Crippen molar-refractivity contribution in [1.82, 2.24) is 0 Å². The molecule has 0 amide bonds. The van der Waals surface area contributed by atoms with Gasteiger partial charge in [0.25, 0.3) is 0 Å². The minimum absolute atomic E-state index is 0.948. The summed E-state index contributed by atoms with van der Waals surface area (Å²) in [4.78, 5) is 0. The van der Waals surface area contributed by atoms with Gasteiger partial charge in [0, 0.05) is 17.5 Å². The molecular formula is C30H27N. The lowest BCUT2D eigenvalue weighted by atomic mass is 9.92. The lowest BCUT2D eigenvalue weighted by Gasteiger charge is -2.16. The quantitative estimate of drug-likeness (QED) is 0.357. The number of hydrogen-bond donors (Lipinski definition) is 1. The van der Waals surface area contributed by atoms with Crippen molar-refractivity contribution in [2.45, 2.75) is 26.7 Å². The van der Waals surface area contributed by atoms with Gasteiger partial charge in [0.1, 0.15) is 0 Å². The van der Waals surface area contributed by atoms with Crippen LogP contribution in [0.5, 0.6) is 0 Å². The van der Waals surface area contributed by atoms with Crippen molar-refractivity contribution in [2.24, 2.45) is 0 Å². The van der Waals surface area contributed by atoms with E-state index in [1.165, 1.54) is 50.1 Å².